The number of nitrogens with zero attached hydrogens (tertiary/aromatic N) is 5. The van der Waals surface area contributed by atoms with Crippen molar-refractivity contribution in [1.82, 2.24) is 34.3 Å². The fourth-order valence-electron chi connectivity index (χ4n) is 4.24. The van der Waals surface area contributed by atoms with Gasteiger partial charge in [-0.2, -0.15) is 0 Å². The molecule has 0 spiro atoms. The molecule has 10 nitrogen and oxygen atoms in total. The second kappa shape index (κ2) is 9.66. The van der Waals surface area contributed by atoms with Crippen LogP contribution in [0.15, 0.2) is 77.6 Å². The average Bonchev–Trinajstić information content (AvgIpc) is 3.54. The third-order valence-corrected chi connectivity index (χ3v) is 6.37. The third-order valence-electron chi connectivity index (χ3n) is 6.08. The van der Waals surface area contributed by atoms with Crippen molar-refractivity contribution in [3.63, 3.8) is 0 Å². The summed E-state index contributed by atoms with van der Waals surface area (Å²) in [5.41, 5.74) is 7.01. The normalized spacial score (nSPS) is 11.2. The number of halogens is 1. The Kier molecular flexibility index (Phi) is 6.01. The van der Waals surface area contributed by atoms with Crippen molar-refractivity contribution in [2.75, 3.05) is 5.32 Å². The Hall–Kier alpha value is -5.09. The summed E-state index contributed by atoms with van der Waals surface area (Å²) >= 11 is 5.98. The molecule has 7 rings (SSSR count). The lowest BCUT2D eigenvalue weighted by atomic mass is 10.3. The number of para-hydroxylation sites is 4. The third kappa shape index (κ3) is 4.57. The number of carbonyl (C=O) groups excluding carboxylic acids is 1. The van der Waals surface area contributed by atoms with Gasteiger partial charge < -0.3 is 15.3 Å². The van der Waals surface area contributed by atoms with Gasteiger partial charge in [0, 0.05) is 11.4 Å². The molecule has 1 amide bonds. The summed E-state index contributed by atoms with van der Waals surface area (Å²) in [5, 5.41) is 2.95. The smallest absolute Gasteiger partial charge is 0.292 e. The van der Waals surface area contributed by atoms with Crippen LogP contribution in [0.3, 0.4) is 0 Å². The number of imidazole rings is 2. The summed E-state index contributed by atoms with van der Waals surface area (Å²) in [7, 11) is 0. The molecule has 0 radical (unpaired) electrons. The maximum Gasteiger partial charge on any atom is 0.292 e. The zero-order chi connectivity index (χ0) is 27.1. The SMILES string of the molecule is Cc1ccc(NC(=O)c2nc3ccccc3[nH]2)c(Cl)n1.Cc1ccc2[nH]c(=O)c3nc4ccccc4n3c2n1. The lowest BCUT2D eigenvalue weighted by Crippen LogP contribution is -2.14. The maximum absolute atomic E-state index is 12.1. The van der Waals surface area contributed by atoms with Crippen LogP contribution >= 0.6 is 11.6 Å². The number of nitrogens with one attached hydrogen (secondary N) is 3. The number of aryl methyl sites for hydroxylation is 2. The lowest BCUT2D eigenvalue weighted by molar-refractivity contribution is 0.101. The minimum Gasteiger partial charge on any atom is -0.334 e. The van der Waals surface area contributed by atoms with Crippen molar-refractivity contribution in [2.45, 2.75) is 13.8 Å². The Balaban J connectivity index is 0.000000142. The van der Waals surface area contributed by atoms with Crippen LogP contribution < -0.4 is 10.9 Å². The number of benzene rings is 2. The van der Waals surface area contributed by atoms with Gasteiger partial charge in [-0.25, -0.2) is 19.9 Å². The molecule has 192 valence electrons. The van der Waals surface area contributed by atoms with Crippen LogP contribution in [-0.4, -0.2) is 40.2 Å². The van der Waals surface area contributed by atoms with Gasteiger partial charge in [-0.05, 0) is 62.4 Å². The molecule has 0 saturated carbocycles. The molecule has 0 bridgehead atoms. The first-order chi connectivity index (χ1) is 18.9. The van der Waals surface area contributed by atoms with Crippen molar-refractivity contribution in [3.8, 4) is 0 Å². The molecule has 0 unspecified atom stereocenters. The fourth-order valence-corrected chi connectivity index (χ4v) is 4.49. The Labute approximate surface area is 225 Å². The minimum atomic E-state index is -0.353. The van der Waals surface area contributed by atoms with E-state index in [1.807, 2.05) is 78.9 Å². The van der Waals surface area contributed by atoms with E-state index in [1.54, 1.807) is 12.1 Å². The number of H-pyrrole nitrogens is 2. The van der Waals surface area contributed by atoms with Crippen molar-refractivity contribution < 1.29 is 4.79 Å². The van der Waals surface area contributed by atoms with Crippen LogP contribution in [0.4, 0.5) is 5.69 Å². The molecule has 3 N–H and O–H groups in total. The molecule has 39 heavy (non-hydrogen) atoms. The standard InChI is InChI=1S/C14H11ClN4O.C14H10N4O/c1-8-6-7-11(12(15)16-8)19-14(20)13-17-9-4-2-3-5-10(9)18-13;1-8-6-7-10-12(15-8)18-11-5-3-2-4-9(11)16-13(18)14(19)17-10/h2-7H,1H3,(H,17,18)(H,19,20);2-7H,1H3,(H,17,19). The fraction of sp³-hybridized carbons (Fsp3) is 0.0714. The molecule has 0 fully saturated rings. The zero-order valence-corrected chi connectivity index (χ0v) is 21.6. The first-order valence-corrected chi connectivity index (χ1v) is 12.4. The monoisotopic (exact) mass is 536 g/mol. The molecule has 0 atom stereocenters. The van der Waals surface area contributed by atoms with E-state index >= 15 is 0 Å². The number of aromatic nitrogens is 7. The Morgan fingerprint density at radius 3 is 2.28 bits per heavy atom. The highest BCUT2D eigenvalue weighted by molar-refractivity contribution is 6.32. The highest BCUT2D eigenvalue weighted by Gasteiger charge is 2.14. The molecule has 7 aromatic rings. The zero-order valence-electron chi connectivity index (χ0n) is 20.9. The van der Waals surface area contributed by atoms with Gasteiger partial charge in [0.25, 0.3) is 11.5 Å². The van der Waals surface area contributed by atoms with Gasteiger partial charge in [-0.1, -0.05) is 35.9 Å². The van der Waals surface area contributed by atoms with E-state index in [4.69, 9.17) is 11.6 Å². The van der Waals surface area contributed by atoms with Crippen molar-refractivity contribution in [1.29, 1.82) is 0 Å². The van der Waals surface area contributed by atoms with E-state index in [0.29, 0.717) is 16.9 Å². The van der Waals surface area contributed by atoms with Gasteiger partial charge in [0.05, 0.1) is 33.3 Å². The Bertz CT molecular complexity index is 2060. The van der Waals surface area contributed by atoms with Crippen LogP contribution in [0.1, 0.15) is 22.0 Å². The lowest BCUT2D eigenvalue weighted by Gasteiger charge is -2.05. The molecule has 0 aliphatic heterocycles. The van der Waals surface area contributed by atoms with E-state index < -0.39 is 0 Å². The van der Waals surface area contributed by atoms with Crippen LogP contribution in [0.25, 0.3) is 38.9 Å². The highest BCUT2D eigenvalue weighted by Crippen LogP contribution is 2.21. The van der Waals surface area contributed by atoms with Gasteiger partial charge in [0.15, 0.2) is 16.6 Å². The number of pyridine rings is 2. The predicted molar refractivity (Wildman–Crippen MR) is 151 cm³/mol. The number of rotatable bonds is 2. The predicted octanol–water partition coefficient (Wildman–Crippen LogP) is 5.20. The van der Waals surface area contributed by atoms with Gasteiger partial charge in [-0.3, -0.25) is 14.0 Å². The molecule has 0 aliphatic rings. The summed E-state index contributed by atoms with van der Waals surface area (Å²) in [6, 6.07) is 22.4. The van der Waals surface area contributed by atoms with Crippen molar-refractivity contribution in [3.05, 3.63) is 106 Å². The summed E-state index contributed by atoms with van der Waals surface area (Å²) in [6.07, 6.45) is 0. The van der Waals surface area contributed by atoms with E-state index in [1.165, 1.54) is 0 Å². The van der Waals surface area contributed by atoms with Gasteiger partial charge >= 0.3 is 0 Å². The molecule has 0 aliphatic carbocycles. The van der Waals surface area contributed by atoms with Crippen LogP contribution in [0.2, 0.25) is 5.15 Å². The quantitative estimate of drug-likeness (QED) is 0.260. The molecular formula is C28H21ClN8O2. The molecule has 11 heteroatoms. The van der Waals surface area contributed by atoms with Crippen LogP contribution in [0.5, 0.6) is 0 Å². The molecular weight excluding hydrogens is 516 g/mol. The van der Waals surface area contributed by atoms with E-state index in [-0.39, 0.29) is 22.4 Å². The second-order valence-corrected chi connectivity index (χ2v) is 9.24. The number of anilines is 1. The number of fused-ring (bicyclic) bond motifs is 6. The van der Waals surface area contributed by atoms with Crippen molar-refractivity contribution >= 4 is 62.1 Å². The molecule has 2 aromatic carbocycles. The number of carbonyl (C=O) groups is 1. The van der Waals surface area contributed by atoms with Crippen LogP contribution in [0, 0.1) is 13.8 Å². The number of aromatic amines is 2. The molecule has 5 aromatic heterocycles. The average molecular weight is 537 g/mol. The van der Waals surface area contributed by atoms with Crippen LogP contribution in [-0.2, 0) is 0 Å². The molecule has 0 saturated heterocycles. The first-order valence-electron chi connectivity index (χ1n) is 12.0. The van der Waals surface area contributed by atoms with E-state index in [2.05, 4.69) is 35.2 Å². The largest absolute Gasteiger partial charge is 0.334 e. The Morgan fingerprint density at radius 2 is 1.49 bits per heavy atom. The topological polar surface area (TPSA) is 134 Å². The summed E-state index contributed by atoms with van der Waals surface area (Å²) in [5.74, 6) is -0.114. The highest BCUT2D eigenvalue weighted by atomic mass is 35.5. The number of hydrogen-bond acceptors (Lipinski definition) is 6. The Morgan fingerprint density at radius 1 is 0.769 bits per heavy atom. The summed E-state index contributed by atoms with van der Waals surface area (Å²) in [4.78, 5) is 47.2. The maximum atomic E-state index is 12.1. The summed E-state index contributed by atoms with van der Waals surface area (Å²) < 4.78 is 1.82. The second-order valence-electron chi connectivity index (χ2n) is 8.89. The van der Waals surface area contributed by atoms with Crippen molar-refractivity contribution in [2.24, 2.45) is 0 Å². The summed E-state index contributed by atoms with van der Waals surface area (Å²) in [6.45, 7) is 3.76. The van der Waals surface area contributed by atoms with E-state index in [0.717, 1.165) is 39.1 Å². The minimum absolute atomic E-state index is 0.200. The van der Waals surface area contributed by atoms with E-state index in [9.17, 15) is 9.59 Å². The van der Waals surface area contributed by atoms with Gasteiger partial charge in [0.1, 0.15) is 0 Å². The number of hydrogen-bond donors (Lipinski definition) is 3. The molecule has 5 heterocycles. The number of amides is 1. The first kappa shape index (κ1) is 24.3. The van der Waals surface area contributed by atoms with Gasteiger partial charge in [0.2, 0.25) is 5.65 Å². The van der Waals surface area contributed by atoms with Gasteiger partial charge in [-0.15, -0.1) is 0 Å².